The van der Waals surface area contributed by atoms with Crippen LogP contribution in [-0.2, 0) is 13.6 Å². The Morgan fingerprint density at radius 2 is 1.97 bits per heavy atom. The summed E-state index contributed by atoms with van der Waals surface area (Å²) in [4.78, 5) is 25.5. The topological polar surface area (TPSA) is 97.0 Å². The number of piperazine rings is 1. The molecule has 0 radical (unpaired) electrons. The largest absolute Gasteiger partial charge is 0.352 e. The summed E-state index contributed by atoms with van der Waals surface area (Å²) >= 11 is 0. The quantitative estimate of drug-likeness (QED) is 0.542. The number of carbonyl (C=O) groups is 1. The molecule has 1 aliphatic heterocycles. The van der Waals surface area contributed by atoms with Crippen LogP contribution in [0.4, 0.5) is 10.6 Å². The monoisotopic (exact) mass is 417 g/mol. The number of carbonyl (C=O) groups excluding carboxylic acids is 1. The number of hydrogen-bond acceptors (Lipinski definition) is 6. The van der Waals surface area contributed by atoms with Crippen molar-refractivity contribution in [2.24, 2.45) is 7.05 Å². The van der Waals surface area contributed by atoms with Crippen LogP contribution in [0, 0.1) is 0 Å². The van der Waals surface area contributed by atoms with E-state index in [0.717, 1.165) is 28.1 Å². The fourth-order valence-electron chi connectivity index (χ4n) is 3.84. The van der Waals surface area contributed by atoms with Gasteiger partial charge in [0.15, 0.2) is 5.65 Å². The molecule has 158 valence electrons. The second-order valence-electron chi connectivity index (χ2n) is 7.46. The number of rotatable bonds is 4. The Morgan fingerprint density at radius 1 is 1.10 bits per heavy atom. The lowest BCUT2D eigenvalue weighted by atomic mass is 10.2. The number of aryl methyl sites for hydroxylation is 1. The summed E-state index contributed by atoms with van der Waals surface area (Å²) < 4.78 is 3.54. The SMILES string of the molecule is Cn1ncc2c(N3CCN(C(=O)NCc4cccc(-n5cccn5)c4)CC3)ncnc21. The molecular weight excluding hydrogens is 394 g/mol. The van der Waals surface area contributed by atoms with Gasteiger partial charge in [0.2, 0.25) is 0 Å². The van der Waals surface area contributed by atoms with E-state index in [1.54, 1.807) is 28.1 Å². The van der Waals surface area contributed by atoms with Crippen LogP contribution < -0.4 is 10.2 Å². The smallest absolute Gasteiger partial charge is 0.317 e. The molecule has 0 bridgehead atoms. The molecule has 3 aromatic heterocycles. The van der Waals surface area contributed by atoms with Crippen molar-refractivity contribution in [2.75, 3.05) is 31.1 Å². The predicted octanol–water partition coefficient (Wildman–Crippen LogP) is 1.58. The maximum absolute atomic E-state index is 12.7. The highest BCUT2D eigenvalue weighted by Gasteiger charge is 2.23. The normalized spacial score (nSPS) is 14.2. The minimum absolute atomic E-state index is 0.0571. The third kappa shape index (κ3) is 3.79. The van der Waals surface area contributed by atoms with E-state index in [-0.39, 0.29) is 6.03 Å². The van der Waals surface area contributed by atoms with Gasteiger partial charge in [-0.15, -0.1) is 0 Å². The van der Waals surface area contributed by atoms with Gasteiger partial charge in [0, 0.05) is 52.2 Å². The molecule has 31 heavy (non-hydrogen) atoms. The molecule has 1 N–H and O–H groups in total. The summed E-state index contributed by atoms with van der Waals surface area (Å²) in [6, 6.07) is 9.81. The van der Waals surface area contributed by atoms with Crippen molar-refractivity contribution in [2.45, 2.75) is 6.54 Å². The first-order chi connectivity index (χ1) is 15.2. The molecule has 1 fully saturated rings. The number of fused-ring (bicyclic) bond motifs is 1. The van der Waals surface area contributed by atoms with Crippen LogP contribution in [0.3, 0.4) is 0 Å². The van der Waals surface area contributed by atoms with Crippen molar-refractivity contribution in [1.29, 1.82) is 0 Å². The summed E-state index contributed by atoms with van der Waals surface area (Å²) in [5, 5.41) is 12.5. The first-order valence-corrected chi connectivity index (χ1v) is 10.2. The standard InChI is InChI=1S/C21H23N9O/c1-27-19-18(14-26-27)20(24-15-23-19)28-8-10-29(11-9-28)21(31)22-13-16-4-2-5-17(12-16)30-7-3-6-25-30/h2-7,12,14-15H,8-11,13H2,1H3,(H,22,31). The molecule has 4 heterocycles. The Morgan fingerprint density at radius 3 is 2.77 bits per heavy atom. The van der Waals surface area contributed by atoms with E-state index in [2.05, 4.69) is 30.4 Å². The molecule has 10 nitrogen and oxygen atoms in total. The molecule has 0 spiro atoms. The number of urea groups is 1. The molecular formula is C21H23N9O. The Labute approximate surface area is 179 Å². The van der Waals surface area contributed by atoms with Gasteiger partial charge in [0.05, 0.1) is 17.3 Å². The predicted molar refractivity (Wildman–Crippen MR) is 116 cm³/mol. The van der Waals surface area contributed by atoms with Gasteiger partial charge < -0.3 is 15.1 Å². The maximum Gasteiger partial charge on any atom is 0.317 e. The maximum atomic E-state index is 12.7. The molecule has 1 aromatic carbocycles. The minimum Gasteiger partial charge on any atom is -0.352 e. The van der Waals surface area contributed by atoms with Gasteiger partial charge in [-0.05, 0) is 23.8 Å². The number of hydrogen-bond donors (Lipinski definition) is 1. The molecule has 0 unspecified atom stereocenters. The second-order valence-corrected chi connectivity index (χ2v) is 7.46. The highest BCUT2D eigenvalue weighted by atomic mass is 16.2. The molecule has 10 heteroatoms. The summed E-state index contributed by atoms with van der Waals surface area (Å²) in [7, 11) is 1.87. The van der Waals surface area contributed by atoms with Gasteiger partial charge in [0.25, 0.3) is 0 Å². The molecule has 0 aliphatic carbocycles. The van der Waals surface area contributed by atoms with Gasteiger partial charge in [-0.25, -0.2) is 19.4 Å². The first kappa shape index (κ1) is 19.0. The Kier molecular flexibility index (Phi) is 4.95. The van der Waals surface area contributed by atoms with Crippen LogP contribution in [-0.4, -0.2) is 66.6 Å². The Balaban J connectivity index is 1.18. The van der Waals surface area contributed by atoms with E-state index in [1.807, 2.05) is 48.5 Å². The molecule has 2 amide bonds. The summed E-state index contributed by atoms with van der Waals surface area (Å²) in [6.45, 7) is 3.15. The van der Waals surface area contributed by atoms with Crippen molar-refractivity contribution in [3.05, 3.63) is 60.8 Å². The first-order valence-electron chi connectivity index (χ1n) is 10.2. The zero-order chi connectivity index (χ0) is 21.2. The summed E-state index contributed by atoms with van der Waals surface area (Å²) in [5.74, 6) is 0.869. The fourth-order valence-corrected chi connectivity index (χ4v) is 3.84. The van der Waals surface area contributed by atoms with Gasteiger partial charge >= 0.3 is 6.03 Å². The third-order valence-electron chi connectivity index (χ3n) is 5.50. The third-order valence-corrected chi connectivity index (χ3v) is 5.50. The zero-order valence-electron chi connectivity index (χ0n) is 17.2. The Bertz CT molecular complexity index is 1190. The highest BCUT2D eigenvalue weighted by Crippen LogP contribution is 2.23. The van der Waals surface area contributed by atoms with Crippen molar-refractivity contribution in [3.8, 4) is 5.69 Å². The van der Waals surface area contributed by atoms with Crippen molar-refractivity contribution >= 4 is 22.9 Å². The Hall–Kier alpha value is -3.95. The van der Waals surface area contributed by atoms with E-state index in [1.165, 1.54) is 0 Å². The number of amides is 2. The van der Waals surface area contributed by atoms with Crippen LogP contribution in [0.5, 0.6) is 0 Å². The number of benzene rings is 1. The van der Waals surface area contributed by atoms with Crippen molar-refractivity contribution in [3.63, 3.8) is 0 Å². The van der Waals surface area contributed by atoms with Crippen molar-refractivity contribution < 1.29 is 4.79 Å². The summed E-state index contributed by atoms with van der Waals surface area (Å²) in [6.07, 6.45) is 7.00. The van der Waals surface area contributed by atoms with Crippen LogP contribution in [0.1, 0.15) is 5.56 Å². The fraction of sp³-hybridized carbons (Fsp3) is 0.286. The number of anilines is 1. The van der Waals surface area contributed by atoms with Crippen LogP contribution in [0.25, 0.3) is 16.7 Å². The average Bonchev–Trinajstić information content (AvgIpc) is 3.48. The molecule has 5 rings (SSSR count). The molecule has 1 saturated heterocycles. The van der Waals surface area contributed by atoms with Crippen LogP contribution >= 0.6 is 0 Å². The van der Waals surface area contributed by atoms with Gasteiger partial charge in [0.1, 0.15) is 12.1 Å². The number of nitrogens with one attached hydrogen (secondary N) is 1. The minimum atomic E-state index is -0.0571. The highest BCUT2D eigenvalue weighted by molar-refractivity contribution is 5.86. The van der Waals surface area contributed by atoms with Gasteiger partial charge in [-0.3, -0.25) is 4.68 Å². The lowest BCUT2D eigenvalue weighted by Crippen LogP contribution is -2.52. The average molecular weight is 417 g/mol. The van der Waals surface area contributed by atoms with Gasteiger partial charge in [-0.1, -0.05) is 12.1 Å². The number of aromatic nitrogens is 6. The van der Waals surface area contributed by atoms with Crippen molar-refractivity contribution in [1.82, 2.24) is 39.7 Å². The lowest BCUT2D eigenvalue weighted by molar-refractivity contribution is 0.194. The van der Waals surface area contributed by atoms with Crippen LogP contribution in [0.2, 0.25) is 0 Å². The second kappa shape index (κ2) is 8.05. The van der Waals surface area contributed by atoms with Crippen LogP contribution in [0.15, 0.2) is 55.2 Å². The lowest BCUT2D eigenvalue weighted by Gasteiger charge is -2.35. The van der Waals surface area contributed by atoms with E-state index >= 15 is 0 Å². The van der Waals surface area contributed by atoms with E-state index in [4.69, 9.17) is 0 Å². The molecule has 0 atom stereocenters. The van der Waals surface area contributed by atoms with E-state index in [0.29, 0.717) is 32.7 Å². The molecule has 1 aliphatic rings. The molecule has 4 aromatic rings. The number of nitrogens with zero attached hydrogens (tertiary/aromatic N) is 8. The van der Waals surface area contributed by atoms with Gasteiger partial charge in [-0.2, -0.15) is 10.2 Å². The zero-order valence-corrected chi connectivity index (χ0v) is 17.2. The summed E-state index contributed by atoms with van der Waals surface area (Å²) in [5.41, 5.74) is 2.80. The van der Waals surface area contributed by atoms with E-state index < -0.39 is 0 Å². The molecule has 0 saturated carbocycles. The van der Waals surface area contributed by atoms with E-state index in [9.17, 15) is 4.79 Å².